The van der Waals surface area contributed by atoms with Crippen LogP contribution in [0.5, 0.6) is 0 Å². The Morgan fingerprint density at radius 3 is 2.29 bits per heavy atom. The normalized spacial score (nSPS) is 41.5. The van der Waals surface area contributed by atoms with Gasteiger partial charge in [-0.1, -0.05) is 33.8 Å². The Morgan fingerprint density at radius 1 is 1.10 bits per heavy atom. The molecule has 41 heavy (non-hydrogen) atoms. The fraction of sp³-hybridized carbons (Fsp3) is 0.719. The van der Waals surface area contributed by atoms with E-state index in [0.29, 0.717) is 24.8 Å². The summed E-state index contributed by atoms with van der Waals surface area (Å²) in [6.45, 7) is 11.4. The minimum Gasteiger partial charge on any atom is -0.478 e. The Balaban J connectivity index is 1.90. The molecule has 0 aromatic carbocycles. The van der Waals surface area contributed by atoms with Crippen LogP contribution in [-0.2, 0) is 28.7 Å². The fourth-order valence-corrected chi connectivity index (χ4v) is 9.13. The molecule has 2 saturated carbocycles. The van der Waals surface area contributed by atoms with Gasteiger partial charge in [0.25, 0.3) is 0 Å². The molecule has 0 spiro atoms. The summed E-state index contributed by atoms with van der Waals surface area (Å²) in [7, 11) is 0. The van der Waals surface area contributed by atoms with Crippen molar-refractivity contribution in [2.75, 3.05) is 6.61 Å². The van der Waals surface area contributed by atoms with E-state index in [1.165, 1.54) is 13.8 Å². The number of aliphatic hydroxyl groups excluding tert-OH is 2. The van der Waals surface area contributed by atoms with Gasteiger partial charge in [0, 0.05) is 41.7 Å². The Hall–Kier alpha value is -2.65. The summed E-state index contributed by atoms with van der Waals surface area (Å²) in [6, 6.07) is 0. The number of esters is 1. The molecule has 9 nitrogen and oxygen atoms in total. The second kappa shape index (κ2) is 10.3. The molecule has 0 radical (unpaired) electrons. The topological polar surface area (TPSA) is 155 Å². The van der Waals surface area contributed by atoms with Gasteiger partial charge in [-0.15, -0.1) is 0 Å². The number of carboxylic acids is 1. The van der Waals surface area contributed by atoms with E-state index in [9.17, 15) is 39.3 Å². The van der Waals surface area contributed by atoms with Gasteiger partial charge in [-0.3, -0.25) is 19.2 Å². The SMILES string of the molecule is CC(=O)OC1C(=O)C2=C(C(O)CC3C(C)(CO)C(=O)CCC23C)C2(C)C(=O)CC(C(C)CCC=C(C)C(=O)O)C12C. The third kappa shape index (κ3) is 4.21. The second-order valence-corrected chi connectivity index (χ2v) is 13.8. The number of carbonyl (C=O) groups is 5. The molecule has 4 aliphatic carbocycles. The molecule has 4 rings (SSSR count). The number of ketones is 3. The highest BCUT2D eigenvalue weighted by atomic mass is 16.5. The monoisotopic (exact) mass is 572 g/mol. The van der Waals surface area contributed by atoms with Crippen molar-refractivity contribution in [1.82, 2.24) is 0 Å². The molecular weight excluding hydrogens is 528 g/mol. The smallest absolute Gasteiger partial charge is 0.330 e. The van der Waals surface area contributed by atoms with Gasteiger partial charge in [0.2, 0.25) is 5.78 Å². The third-order valence-corrected chi connectivity index (χ3v) is 11.8. The largest absolute Gasteiger partial charge is 0.478 e. The number of carbonyl (C=O) groups excluding carboxylic acids is 4. The number of hydrogen-bond donors (Lipinski definition) is 3. The lowest BCUT2D eigenvalue weighted by Crippen LogP contribution is -2.65. The molecule has 0 aromatic heterocycles. The van der Waals surface area contributed by atoms with Crippen molar-refractivity contribution in [3.8, 4) is 0 Å². The lowest BCUT2D eigenvalue weighted by molar-refractivity contribution is -0.177. The van der Waals surface area contributed by atoms with Crippen LogP contribution in [0.2, 0.25) is 0 Å². The molecule has 9 heteroatoms. The Morgan fingerprint density at radius 2 is 1.73 bits per heavy atom. The van der Waals surface area contributed by atoms with Crippen molar-refractivity contribution in [2.45, 2.75) is 99.2 Å². The summed E-state index contributed by atoms with van der Waals surface area (Å²) < 4.78 is 5.83. The van der Waals surface area contributed by atoms with Crippen LogP contribution >= 0.6 is 0 Å². The van der Waals surface area contributed by atoms with E-state index >= 15 is 0 Å². The van der Waals surface area contributed by atoms with Crippen LogP contribution in [0.3, 0.4) is 0 Å². The average Bonchev–Trinajstić information content (AvgIpc) is 3.11. The molecule has 2 fully saturated rings. The number of Topliss-reactive ketones (excluding diaryl/α,β-unsaturated/α-hetero) is 3. The van der Waals surface area contributed by atoms with Gasteiger partial charge in [0.1, 0.15) is 11.6 Å². The number of fused-ring (bicyclic) bond motifs is 4. The van der Waals surface area contributed by atoms with Crippen LogP contribution in [0.1, 0.15) is 87.0 Å². The number of hydrogen-bond acceptors (Lipinski definition) is 8. The molecule has 0 bridgehead atoms. The predicted molar refractivity (Wildman–Crippen MR) is 148 cm³/mol. The van der Waals surface area contributed by atoms with Crippen LogP contribution in [-0.4, -0.2) is 63.4 Å². The summed E-state index contributed by atoms with van der Waals surface area (Å²) in [5, 5.41) is 31.3. The first kappa shape index (κ1) is 31.3. The van der Waals surface area contributed by atoms with Crippen molar-refractivity contribution >= 4 is 29.3 Å². The molecule has 0 amide bonds. The molecule has 0 saturated heterocycles. The van der Waals surface area contributed by atoms with Gasteiger partial charge < -0.3 is 20.1 Å². The third-order valence-electron chi connectivity index (χ3n) is 11.8. The number of carboxylic acid groups (broad SMARTS) is 1. The molecule has 0 aliphatic heterocycles. The van der Waals surface area contributed by atoms with Gasteiger partial charge in [0.15, 0.2) is 6.10 Å². The summed E-state index contributed by atoms with van der Waals surface area (Å²) in [5.74, 6) is -3.40. The maximum atomic E-state index is 14.6. The molecule has 3 N–H and O–H groups in total. The molecule has 9 atom stereocenters. The van der Waals surface area contributed by atoms with Gasteiger partial charge in [-0.2, -0.15) is 0 Å². The zero-order valence-electron chi connectivity index (χ0n) is 25.2. The number of ether oxygens (including phenoxy) is 1. The number of aliphatic hydroxyl groups is 2. The standard InChI is InChI=1S/C32H44O9/c1-16(9-8-10-17(2)28(39)40)19-13-23(37)32(7)24-20(35)14-21-29(4,12-11-22(36)30(21,5)15-33)25(24)26(38)27(31(19,32)6)41-18(3)34/h10,16,19-21,27,33,35H,8-9,11-15H2,1-7H3,(H,39,40). The van der Waals surface area contributed by atoms with Crippen LogP contribution in [0.25, 0.3) is 0 Å². The van der Waals surface area contributed by atoms with Gasteiger partial charge in [0.05, 0.1) is 23.5 Å². The number of rotatable bonds is 7. The highest BCUT2D eigenvalue weighted by Gasteiger charge is 2.74. The molecule has 9 unspecified atom stereocenters. The minimum absolute atomic E-state index is 0.118. The quantitative estimate of drug-likeness (QED) is 0.306. The maximum Gasteiger partial charge on any atom is 0.330 e. The summed E-state index contributed by atoms with van der Waals surface area (Å²) in [4.78, 5) is 65.6. The van der Waals surface area contributed by atoms with E-state index in [1.807, 2.05) is 20.8 Å². The van der Waals surface area contributed by atoms with E-state index in [0.717, 1.165) is 0 Å². The molecule has 4 aliphatic rings. The highest BCUT2D eigenvalue weighted by molar-refractivity contribution is 6.09. The van der Waals surface area contributed by atoms with Gasteiger partial charge in [-0.05, 0) is 62.9 Å². The predicted octanol–water partition coefficient (Wildman–Crippen LogP) is 3.59. The number of aliphatic carboxylic acids is 1. The summed E-state index contributed by atoms with van der Waals surface area (Å²) >= 11 is 0. The van der Waals surface area contributed by atoms with E-state index in [2.05, 4.69) is 0 Å². The van der Waals surface area contributed by atoms with Gasteiger partial charge in [-0.25, -0.2) is 4.79 Å². The van der Waals surface area contributed by atoms with E-state index in [1.54, 1.807) is 19.9 Å². The number of allylic oxidation sites excluding steroid dienone is 1. The van der Waals surface area contributed by atoms with Crippen molar-refractivity contribution < 1.29 is 44.0 Å². The van der Waals surface area contributed by atoms with E-state index in [4.69, 9.17) is 4.74 Å². The molecule has 0 heterocycles. The van der Waals surface area contributed by atoms with Crippen LogP contribution in [0, 0.1) is 39.4 Å². The zero-order chi connectivity index (χ0) is 30.9. The van der Waals surface area contributed by atoms with Crippen LogP contribution < -0.4 is 0 Å². The van der Waals surface area contributed by atoms with E-state index < -0.39 is 64.1 Å². The first-order valence-corrected chi connectivity index (χ1v) is 14.6. The first-order valence-electron chi connectivity index (χ1n) is 14.6. The zero-order valence-corrected chi connectivity index (χ0v) is 25.2. The Labute approximate surface area is 241 Å². The molecule has 0 aromatic rings. The Bertz CT molecular complexity index is 1260. The second-order valence-electron chi connectivity index (χ2n) is 13.8. The average molecular weight is 573 g/mol. The minimum atomic E-state index is -1.31. The van der Waals surface area contributed by atoms with E-state index in [-0.39, 0.29) is 53.8 Å². The fourth-order valence-electron chi connectivity index (χ4n) is 9.13. The van der Waals surface area contributed by atoms with Gasteiger partial charge >= 0.3 is 11.9 Å². The van der Waals surface area contributed by atoms with Crippen molar-refractivity contribution in [1.29, 1.82) is 0 Å². The Kier molecular flexibility index (Phi) is 7.83. The molecule has 226 valence electrons. The maximum absolute atomic E-state index is 14.6. The first-order chi connectivity index (χ1) is 18.9. The highest BCUT2D eigenvalue weighted by Crippen LogP contribution is 2.71. The van der Waals surface area contributed by atoms with Crippen LogP contribution in [0.15, 0.2) is 22.8 Å². The van der Waals surface area contributed by atoms with Crippen molar-refractivity contribution in [3.05, 3.63) is 22.8 Å². The lowest BCUT2D eigenvalue weighted by Gasteiger charge is -2.61. The van der Waals surface area contributed by atoms with Crippen LogP contribution in [0.4, 0.5) is 0 Å². The van der Waals surface area contributed by atoms with Crippen molar-refractivity contribution in [2.24, 2.45) is 39.4 Å². The summed E-state index contributed by atoms with van der Waals surface area (Å²) in [5.41, 5.74) is -3.67. The summed E-state index contributed by atoms with van der Waals surface area (Å²) in [6.07, 6.45) is 0.916. The molecular formula is C32H44O9. The lowest BCUT2D eigenvalue weighted by atomic mass is 9.42. The van der Waals surface area contributed by atoms with Crippen molar-refractivity contribution in [3.63, 3.8) is 0 Å².